The predicted octanol–water partition coefficient (Wildman–Crippen LogP) is 1.87. The maximum absolute atomic E-state index is 11.0. The Kier molecular flexibility index (Phi) is 3.51. The van der Waals surface area contributed by atoms with Crippen LogP contribution >= 0.6 is 11.8 Å². The van der Waals surface area contributed by atoms with E-state index in [1.54, 1.807) is 0 Å². The fourth-order valence-electron chi connectivity index (χ4n) is 1.89. The third-order valence-corrected chi connectivity index (χ3v) is 4.60. The summed E-state index contributed by atoms with van der Waals surface area (Å²) in [6.45, 7) is 0.743. The Balaban J connectivity index is 2.06. The number of carboxylic acids is 1. The molecule has 0 unspecified atom stereocenters. The first kappa shape index (κ1) is 12.2. The summed E-state index contributed by atoms with van der Waals surface area (Å²) in [7, 11) is 0. The smallest absolute Gasteiger partial charge is 0.358 e. The van der Waals surface area contributed by atoms with Gasteiger partial charge in [-0.1, -0.05) is 6.42 Å². The second-order valence-corrected chi connectivity index (χ2v) is 5.43. The molecule has 2 N–H and O–H groups in total. The van der Waals surface area contributed by atoms with Gasteiger partial charge in [-0.05, 0) is 19.1 Å². The van der Waals surface area contributed by atoms with Gasteiger partial charge >= 0.3 is 5.97 Å². The van der Waals surface area contributed by atoms with E-state index >= 15 is 0 Å². The Morgan fingerprint density at radius 2 is 2.24 bits per heavy atom. The molecule has 0 saturated heterocycles. The number of hydrogen-bond acceptors (Lipinski definition) is 5. The molecule has 0 amide bonds. The predicted molar refractivity (Wildman–Crippen MR) is 67.6 cm³/mol. The molecule has 5 nitrogen and oxygen atoms in total. The van der Waals surface area contributed by atoms with Gasteiger partial charge in [-0.25, -0.2) is 14.8 Å². The lowest BCUT2D eigenvalue weighted by atomic mass is 9.84. The zero-order chi connectivity index (χ0) is 12.3. The van der Waals surface area contributed by atoms with Crippen molar-refractivity contribution in [2.75, 3.05) is 18.1 Å². The average molecular weight is 253 g/mol. The van der Waals surface area contributed by atoms with Gasteiger partial charge in [0.15, 0.2) is 11.5 Å². The van der Waals surface area contributed by atoms with Crippen LogP contribution in [-0.2, 0) is 0 Å². The van der Waals surface area contributed by atoms with Gasteiger partial charge in [-0.2, -0.15) is 11.8 Å². The number of rotatable bonds is 5. The highest BCUT2D eigenvalue weighted by Crippen LogP contribution is 2.42. The van der Waals surface area contributed by atoms with Crippen molar-refractivity contribution in [3.05, 3.63) is 18.1 Å². The number of nitrogens with zero attached hydrogens (tertiary/aromatic N) is 2. The highest BCUT2D eigenvalue weighted by molar-refractivity contribution is 8.00. The summed E-state index contributed by atoms with van der Waals surface area (Å²) in [6, 6.07) is 0. The minimum Gasteiger partial charge on any atom is -0.476 e. The van der Waals surface area contributed by atoms with E-state index in [2.05, 4.69) is 21.5 Å². The van der Waals surface area contributed by atoms with Crippen LogP contribution in [0.2, 0.25) is 0 Å². The molecule has 2 rings (SSSR count). The SMILES string of the molecule is CSC1(CNc2nccnc2C(=O)O)CCC1. The van der Waals surface area contributed by atoms with E-state index in [1.807, 2.05) is 11.8 Å². The van der Waals surface area contributed by atoms with Crippen LogP contribution in [0.1, 0.15) is 29.8 Å². The van der Waals surface area contributed by atoms with Crippen LogP contribution in [0.3, 0.4) is 0 Å². The molecule has 0 radical (unpaired) electrons. The summed E-state index contributed by atoms with van der Waals surface area (Å²) in [4.78, 5) is 18.8. The molecule has 17 heavy (non-hydrogen) atoms. The summed E-state index contributed by atoms with van der Waals surface area (Å²) < 4.78 is 0.243. The van der Waals surface area contributed by atoms with Crippen molar-refractivity contribution in [1.82, 2.24) is 9.97 Å². The zero-order valence-corrected chi connectivity index (χ0v) is 10.5. The Morgan fingerprint density at radius 3 is 2.76 bits per heavy atom. The van der Waals surface area contributed by atoms with Crippen LogP contribution in [-0.4, -0.2) is 38.6 Å². The standard InChI is InChI=1S/C11H15N3O2S/c1-17-11(3-2-4-11)7-14-9-8(10(15)16)12-5-6-13-9/h5-6H,2-4,7H2,1H3,(H,13,14)(H,15,16). The number of nitrogens with one attached hydrogen (secondary N) is 1. The number of aromatic carboxylic acids is 1. The van der Waals surface area contributed by atoms with Crippen molar-refractivity contribution in [3.8, 4) is 0 Å². The van der Waals surface area contributed by atoms with Crippen LogP contribution in [0, 0.1) is 0 Å². The molecule has 92 valence electrons. The van der Waals surface area contributed by atoms with Crippen LogP contribution in [0.5, 0.6) is 0 Å². The summed E-state index contributed by atoms with van der Waals surface area (Å²) >= 11 is 1.83. The molecule has 1 aromatic rings. The van der Waals surface area contributed by atoms with Gasteiger partial charge in [0, 0.05) is 23.7 Å². The van der Waals surface area contributed by atoms with E-state index in [-0.39, 0.29) is 10.4 Å². The lowest BCUT2D eigenvalue weighted by molar-refractivity contribution is 0.0691. The highest BCUT2D eigenvalue weighted by Gasteiger charge is 2.36. The molecule has 1 aliphatic carbocycles. The van der Waals surface area contributed by atoms with Crippen molar-refractivity contribution in [1.29, 1.82) is 0 Å². The lowest BCUT2D eigenvalue weighted by Gasteiger charge is -2.40. The molecule has 0 bridgehead atoms. The average Bonchev–Trinajstić information content (AvgIpc) is 2.28. The van der Waals surface area contributed by atoms with Crippen LogP contribution in [0.25, 0.3) is 0 Å². The van der Waals surface area contributed by atoms with E-state index in [0.717, 1.165) is 6.54 Å². The van der Waals surface area contributed by atoms with Crippen molar-refractivity contribution in [2.24, 2.45) is 0 Å². The minimum atomic E-state index is -1.05. The fourth-order valence-corrected chi connectivity index (χ4v) is 2.81. The number of anilines is 1. The van der Waals surface area contributed by atoms with Gasteiger partial charge in [-0.3, -0.25) is 0 Å². The van der Waals surface area contributed by atoms with E-state index < -0.39 is 5.97 Å². The van der Waals surface area contributed by atoms with Gasteiger partial charge in [0.1, 0.15) is 0 Å². The molecular weight excluding hydrogens is 238 g/mol. The Hall–Kier alpha value is -1.30. The fraction of sp³-hybridized carbons (Fsp3) is 0.545. The number of carbonyl (C=O) groups is 1. The van der Waals surface area contributed by atoms with Gasteiger partial charge in [0.25, 0.3) is 0 Å². The van der Waals surface area contributed by atoms with E-state index in [9.17, 15) is 4.79 Å². The minimum absolute atomic E-state index is 0.0110. The number of thioether (sulfide) groups is 1. The maximum Gasteiger partial charge on any atom is 0.358 e. The van der Waals surface area contributed by atoms with Gasteiger partial charge < -0.3 is 10.4 Å². The highest BCUT2D eigenvalue weighted by atomic mass is 32.2. The molecule has 1 saturated carbocycles. The second-order valence-electron chi connectivity index (χ2n) is 4.15. The monoisotopic (exact) mass is 253 g/mol. The first-order valence-corrected chi connectivity index (χ1v) is 6.73. The second kappa shape index (κ2) is 4.91. The largest absolute Gasteiger partial charge is 0.476 e. The zero-order valence-electron chi connectivity index (χ0n) is 9.64. The van der Waals surface area contributed by atoms with Crippen LogP contribution < -0.4 is 5.32 Å². The van der Waals surface area contributed by atoms with E-state index in [4.69, 9.17) is 5.11 Å². The van der Waals surface area contributed by atoms with Crippen molar-refractivity contribution < 1.29 is 9.90 Å². The van der Waals surface area contributed by atoms with Gasteiger partial charge in [-0.15, -0.1) is 0 Å². The number of hydrogen-bond donors (Lipinski definition) is 2. The summed E-state index contributed by atoms with van der Waals surface area (Å²) in [5.74, 6) is -0.687. The Bertz CT molecular complexity index is 415. The molecule has 1 fully saturated rings. The molecule has 0 aromatic carbocycles. The van der Waals surface area contributed by atoms with Crippen molar-refractivity contribution in [3.63, 3.8) is 0 Å². The third-order valence-electron chi connectivity index (χ3n) is 3.18. The topological polar surface area (TPSA) is 75.1 Å². The molecule has 0 atom stereocenters. The van der Waals surface area contributed by atoms with Crippen LogP contribution in [0.4, 0.5) is 5.82 Å². The van der Waals surface area contributed by atoms with Crippen molar-refractivity contribution in [2.45, 2.75) is 24.0 Å². The number of aromatic nitrogens is 2. The van der Waals surface area contributed by atoms with E-state index in [1.165, 1.54) is 31.7 Å². The molecule has 1 aliphatic rings. The lowest BCUT2D eigenvalue weighted by Crippen LogP contribution is -2.40. The first-order chi connectivity index (χ1) is 8.17. The van der Waals surface area contributed by atoms with E-state index in [0.29, 0.717) is 5.82 Å². The summed E-state index contributed by atoms with van der Waals surface area (Å²) in [5, 5.41) is 12.1. The third kappa shape index (κ3) is 2.52. The molecule has 1 heterocycles. The first-order valence-electron chi connectivity index (χ1n) is 5.50. The van der Waals surface area contributed by atoms with Crippen LogP contribution in [0.15, 0.2) is 12.4 Å². The van der Waals surface area contributed by atoms with Gasteiger partial charge in [0.05, 0.1) is 0 Å². The summed E-state index contributed by atoms with van der Waals surface area (Å²) in [6.07, 6.45) is 8.57. The Morgan fingerprint density at radius 1 is 1.53 bits per heavy atom. The summed E-state index contributed by atoms with van der Waals surface area (Å²) in [5.41, 5.74) is -0.0110. The molecule has 0 aliphatic heterocycles. The number of carboxylic acid groups (broad SMARTS) is 1. The molecular formula is C11H15N3O2S. The van der Waals surface area contributed by atoms with Crippen molar-refractivity contribution >= 4 is 23.5 Å². The maximum atomic E-state index is 11.0. The molecule has 0 spiro atoms. The van der Waals surface area contributed by atoms with Gasteiger partial charge in [0.2, 0.25) is 0 Å². The molecule has 6 heteroatoms. The quantitative estimate of drug-likeness (QED) is 0.834. The normalized spacial score (nSPS) is 17.2. The Labute approximate surface area is 104 Å². The molecule has 1 aromatic heterocycles.